The van der Waals surface area contributed by atoms with Crippen LogP contribution in [-0.2, 0) is 27.3 Å². The molecule has 0 saturated carbocycles. The third kappa shape index (κ3) is 9.15. The number of aliphatic carboxylic acids is 1. The highest BCUT2D eigenvalue weighted by Crippen LogP contribution is 2.15. The molecule has 0 aliphatic rings. The van der Waals surface area contributed by atoms with Gasteiger partial charge in [-0.1, -0.05) is 49.2 Å². The lowest BCUT2D eigenvalue weighted by atomic mass is 10.0. The van der Waals surface area contributed by atoms with Crippen LogP contribution in [-0.4, -0.2) is 45.8 Å². The Balaban J connectivity index is 3.01. The van der Waals surface area contributed by atoms with Crippen LogP contribution in [0.3, 0.4) is 0 Å². The molecule has 0 aliphatic heterocycles. The fourth-order valence-electron chi connectivity index (χ4n) is 2.92. The number of hydrogen-bond donors (Lipinski definition) is 2. The minimum absolute atomic E-state index is 0.150. The molecule has 0 fully saturated rings. The van der Waals surface area contributed by atoms with Crippen LogP contribution >= 0.6 is 23.2 Å². The zero-order valence-corrected chi connectivity index (χ0v) is 19.2. The number of imidazole rings is 1. The maximum Gasteiger partial charge on any atom is 0.323 e. The number of rotatable bonds is 12. The zero-order valence-electron chi connectivity index (χ0n) is 17.7. The highest BCUT2D eigenvalue weighted by Gasteiger charge is 2.28. The van der Waals surface area contributed by atoms with Gasteiger partial charge in [-0.05, 0) is 31.4 Å². The largest absolute Gasteiger partial charge is 0.480 e. The predicted octanol–water partition coefficient (Wildman–Crippen LogP) is 3.88. The van der Waals surface area contributed by atoms with Crippen molar-refractivity contribution < 1.29 is 19.4 Å². The molecule has 7 nitrogen and oxygen atoms in total. The second-order valence-corrected chi connectivity index (χ2v) is 8.37. The number of nitrogens with zero attached hydrogens (tertiary/aromatic N) is 2. The second-order valence-electron chi connectivity index (χ2n) is 7.45. The maximum absolute atomic E-state index is 12.3. The summed E-state index contributed by atoms with van der Waals surface area (Å²) in [4.78, 5) is 28.1. The van der Waals surface area contributed by atoms with Crippen LogP contribution in [0.2, 0.25) is 0 Å². The summed E-state index contributed by atoms with van der Waals surface area (Å²) < 4.78 is 6.74. The van der Waals surface area contributed by atoms with E-state index in [1.807, 2.05) is 25.3 Å². The number of nitrogens with one attached hydrogen (secondary N) is 1. The number of carbonyl (C=O) groups is 2. The SMILES string of the molecule is C=C(Cl)C=C(Cl)C=C(C)Cn1cncc1CC(NC(CC(C)C)C(=O)O)C(=O)OC. The number of esters is 1. The Kier molecular flexibility index (Phi) is 10.9. The van der Waals surface area contributed by atoms with Crippen molar-refractivity contribution in [3.8, 4) is 0 Å². The van der Waals surface area contributed by atoms with Gasteiger partial charge >= 0.3 is 11.9 Å². The number of aromatic nitrogens is 2. The van der Waals surface area contributed by atoms with Crippen LogP contribution in [0.25, 0.3) is 0 Å². The molecule has 0 aromatic carbocycles. The normalized spacial score (nSPS) is 14.5. The Morgan fingerprint density at radius 3 is 2.53 bits per heavy atom. The summed E-state index contributed by atoms with van der Waals surface area (Å²) in [6.07, 6.45) is 7.20. The summed E-state index contributed by atoms with van der Waals surface area (Å²) in [5.74, 6) is -1.39. The van der Waals surface area contributed by atoms with Crippen LogP contribution in [0.1, 0.15) is 32.9 Å². The molecule has 1 aromatic rings. The van der Waals surface area contributed by atoms with E-state index in [-0.39, 0.29) is 12.3 Å². The van der Waals surface area contributed by atoms with Crippen molar-refractivity contribution in [3.63, 3.8) is 0 Å². The molecule has 9 heteroatoms. The molecule has 1 aromatic heterocycles. The molecule has 2 unspecified atom stereocenters. The number of halogens is 2. The third-order valence-corrected chi connectivity index (χ3v) is 4.53. The Hall–Kier alpha value is -2.09. The van der Waals surface area contributed by atoms with Gasteiger partial charge in [-0.3, -0.25) is 14.9 Å². The average Bonchev–Trinajstić information content (AvgIpc) is 3.04. The van der Waals surface area contributed by atoms with E-state index < -0.39 is 24.0 Å². The lowest BCUT2D eigenvalue weighted by molar-refractivity contribution is -0.145. The Bertz CT molecular complexity index is 815. The Labute approximate surface area is 187 Å². The molecular formula is C21H29Cl2N3O4. The van der Waals surface area contributed by atoms with Crippen LogP contribution in [0.5, 0.6) is 0 Å². The summed E-state index contributed by atoms with van der Waals surface area (Å²) in [6, 6.07) is -1.68. The fraction of sp³-hybridized carbons (Fsp3) is 0.476. The minimum Gasteiger partial charge on any atom is -0.480 e. The average molecular weight is 458 g/mol. The van der Waals surface area contributed by atoms with E-state index in [1.165, 1.54) is 7.11 Å². The van der Waals surface area contributed by atoms with E-state index in [0.29, 0.717) is 23.0 Å². The van der Waals surface area contributed by atoms with Gasteiger partial charge in [0.05, 0.1) is 13.4 Å². The van der Waals surface area contributed by atoms with Crippen LogP contribution in [0.15, 0.2) is 46.9 Å². The van der Waals surface area contributed by atoms with E-state index >= 15 is 0 Å². The number of carboxylic acids is 1. The highest BCUT2D eigenvalue weighted by molar-refractivity contribution is 6.35. The standard InChI is InChI=1S/C21H29Cl2N3O4/c1-13(2)6-18(20(27)28)25-19(21(29)30-5)9-17-10-24-12-26(17)11-14(3)7-16(23)8-15(4)22/h7-8,10,12-13,18-19,25H,4,6,9,11H2,1-3,5H3,(H,27,28). The van der Waals surface area contributed by atoms with Crippen LogP contribution < -0.4 is 5.32 Å². The van der Waals surface area contributed by atoms with Gasteiger partial charge < -0.3 is 14.4 Å². The summed E-state index contributed by atoms with van der Waals surface area (Å²) in [7, 11) is 1.28. The van der Waals surface area contributed by atoms with E-state index in [0.717, 1.165) is 11.3 Å². The maximum atomic E-state index is 12.3. The van der Waals surface area contributed by atoms with Gasteiger partial charge in [-0.25, -0.2) is 4.98 Å². The van der Waals surface area contributed by atoms with Crippen molar-refractivity contribution >= 4 is 35.1 Å². The summed E-state index contributed by atoms with van der Waals surface area (Å²) in [6.45, 7) is 9.80. The molecule has 30 heavy (non-hydrogen) atoms. The van der Waals surface area contributed by atoms with E-state index in [2.05, 4.69) is 16.9 Å². The van der Waals surface area contributed by atoms with Crippen LogP contribution in [0.4, 0.5) is 0 Å². The summed E-state index contributed by atoms with van der Waals surface area (Å²) in [5, 5.41) is 13.2. The van der Waals surface area contributed by atoms with Gasteiger partial charge in [0.1, 0.15) is 12.1 Å². The highest BCUT2D eigenvalue weighted by atomic mass is 35.5. The molecule has 1 heterocycles. The number of carboxylic acid groups (broad SMARTS) is 1. The number of hydrogen-bond acceptors (Lipinski definition) is 5. The van der Waals surface area contributed by atoms with Gasteiger partial charge in [0.25, 0.3) is 0 Å². The molecule has 0 spiro atoms. The van der Waals surface area contributed by atoms with E-state index in [1.54, 1.807) is 24.7 Å². The number of ether oxygens (including phenoxy) is 1. The molecular weight excluding hydrogens is 429 g/mol. The van der Waals surface area contributed by atoms with E-state index in [9.17, 15) is 14.7 Å². The molecule has 0 radical (unpaired) electrons. The Morgan fingerprint density at radius 1 is 1.33 bits per heavy atom. The fourth-order valence-corrected chi connectivity index (χ4v) is 3.41. The van der Waals surface area contributed by atoms with Crippen molar-refractivity contribution in [3.05, 3.63) is 52.6 Å². The summed E-state index contributed by atoms with van der Waals surface area (Å²) >= 11 is 11.8. The van der Waals surface area contributed by atoms with Gasteiger partial charge in [0.2, 0.25) is 0 Å². The first-order valence-electron chi connectivity index (χ1n) is 9.47. The van der Waals surface area contributed by atoms with Crippen molar-refractivity contribution in [1.29, 1.82) is 0 Å². The predicted molar refractivity (Wildman–Crippen MR) is 118 cm³/mol. The molecule has 2 N–H and O–H groups in total. The number of methoxy groups -OCH3 is 1. The van der Waals surface area contributed by atoms with Crippen molar-refractivity contribution in [2.45, 2.75) is 52.2 Å². The summed E-state index contributed by atoms with van der Waals surface area (Å²) in [5.41, 5.74) is 1.68. The first kappa shape index (κ1) is 25.9. The number of carbonyl (C=O) groups excluding carboxylic acids is 1. The molecule has 0 bridgehead atoms. The first-order valence-corrected chi connectivity index (χ1v) is 10.2. The lowest BCUT2D eigenvalue weighted by Crippen LogP contribution is -2.49. The zero-order chi connectivity index (χ0) is 22.8. The molecule has 0 amide bonds. The van der Waals surface area contributed by atoms with Gasteiger partial charge in [0.15, 0.2) is 0 Å². The van der Waals surface area contributed by atoms with E-state index in [4.69, 9.17) is 27.9 Å². The van der Waals surface area contributed by atoms with Crippen molar-refractivity contribution in [1.82, 2.24) is 14.9 Å². The molecule has 1 rings (SSSR count). The van der Waals surface area contributed by atoms with Gasteiger partial charge in [0, 0.05) is 34.9 Å². The topological polar surface area (TPSA) is 93.5 Å². The smallest absolute Gasteiger partial charge is 0.323 e. The molecule has 166 valence electrons. The minimum atomic E-state index is -1.01. The van der Waals surface area contributed by atoms with Gasteiger partial charge in [-0.2, -0.15) is 0 Å². The second kappa shape index (κ2) is 12.6. The van der Waals surface area contributed by atoms with Crippen molar-refractivity contribution in [2.24, 2.45) is 5.92 Å². The monoisotopic (exact) mass is 457 g/mol. The van der Waals surface area contributed by atoms with Crippen molar-refractivity contribution in [2.75, 3.05) is 7.11 Å². The third-order valence-electron chi connectivity index (χ3n) is 4.20. The Morgan fingerprint density at radius 2 is 2.00 bits per heavy atom. The molecule has 2 atom stereocenters. The lowest BCUT2D eigenvalue weighted by Gasteiger charge is -2.23. The number of allylic oxidation sites excluding steroid dienone is 5. The quantitative estimate of drug-likeness (QED) is 0.365. The first-order chi connectivity index (χ1) is 14.0. The van der Waals surface area contributed by atoms with Gasteiger partial charge in [-0.15, -0.1) is 0 Å². The molecule has 0 aliphatic carbocycles. The molecule has 0 saturated heterocycles. The van der Waals surface area contributed by atoms with Crippen LogP contribution in [0, 0.1) is 5.92 Å².